The third-order valence-electron chi connectivity index (χ3n) is 3.86. The Morgan fingerprint density at radius 2 is 1.55 bits per heavy atom. The topological polar surface area (TPSA) is 23.5 Å². The first kappa shape index (κ1) is 16.7. The summed E-state index contributed by atoms with van der Waals surface area (Å²) in [4.78, 5) is 2.09. The molecule has 1 unspecified atom stereocenters. The minimum atomic E-state index is -0.0761. The van der Waals surface area contributed by atoms with Crippen LogP contribution in [0, 0.1) is 0 Å². The van der Waals surface area contributed by atoms with Gasteiger partial charge in [0.2, 0.25) is 0 Å². The molecular formula is C19H24ClNO. The summed E-state index contributed by atoms with van der Waals surface area (Å²) in [5.74, 6) is 0.275. The Hall–Kier alpha value is -1.67. The van der Waals surface area contributed by atoms with Crippen LogP contribution in [0.3, 0.4) is 0 Å². The summed E-state index contributed by atoms with van der Waals surface area (Å²) in [6.45, 7) is 7.33. The van der Waals surface area contributed by atoms with E-state index in [0.29, 0.717) is 6.54 Å². The number of benzene rings is 2. The fourth-order valence-electron chi connectivity index (χ4n) is 2.35. The van der Waals surface area contributed by atoms with Gasteiger partial charge in [-0.05, 0) is 40.8 Å². The lowest BCUT2D eigenvalue weighted by Crippen LogP contribution is -2.22. The van der Waals surface area contributed by atoms with Gasteiger partial charge < -0.3 is 10.0 Å². The zero-order valence-corrected chi connectivity index (χ0v) is 14.4. The highest BCUT2D eigenvalue weighted by Gasteiger charge is 2.15. The number of hydrogen-bond donors (Lipinski definition) is 1. The third kappa shape index (κ3) is 4.17. The van der Waals surface area contributed by atoms with Gasteiger partial charge in [0.25, 0.3) is 0 Å². The van der Waals surface area contributed by atoms with Crippen LogP contribution in [0.4, 0.5) is 5.69 Å². The monoisotopic (exact) mass is 317 g/mol. The summed E-state index contributed by atoms with van der Waals surface area (Å²) in [7, 11) is 2.01. The van der Waals surface area contributed by atoms with Crippen LogP contribution in [0.25, 0.3) is 0 Å². The molecule has 118 valence electrons. The predicted molar refractivity (Wildman–Crippen MR) is 95.1 cm³/mol. The molecule has 3 heteroatoms. The number of rotatable bonds is 4. The Kier molecular flexibility index (Phi) is 5.02. The molecule has 0 spiro atoms. The fourth-order valence-corrected chi connectivity index (χ4v) is 2.70. The fraction of sp³-hybridized carbons (Fsp3) is 0.368. The Morgan fingerprint density at radius 3 is 2.05 bits per heavy atom. The Labute approximate surface area is 138 Å². The Balaban J connectivity index is 2.05. The van der Waals surface area contributed by atoms with Crippen molar-refractivity contribution in [3.8, 4) is 5.75 Å². The van der Waals surface area contributed by atoms with Crippen molar-refractivity contribution in [1.29, 1.82) is 0 Å². The molecule has 0 amide bonds. The highest BCUT2D eigenvalue weighted by atomic mass is 35.5. The lowest BCUT2D eigenvalue weighted by Gasteiger charge is -2.24. The summed E-state index contributed by atoms with van der Waals surface area (Å²) >= 11 is 6.56. The van der Waals surface area contributed by atoms with Crippen molar-refractivity contribution in [2.75, 3.05) is 18.5 Å². The van der Waals surface area contributed by atoms with Gasteiger partial charge in [0, 0.05) is 19.3 Å². The van der Waals surface area contributed by atoms with Gasteiger partial charge in [-0.2, -0.15) is 0 Å². The number of nitrogens with zero attached hydrogens (tertiary/aromatic N) is 1. The number of hydrogen-bond acceptors (Lipinski definition) is 2. The maximum atomic E-state index is 9.35. The van der Waals surface area contributed by atoms with Crippen molar-refractivity contribution in [1.82, 2.24) is 0 Å². The van der Waals surface area contributed by atoms with Crippen LogP contribution in [0.15, 0.2) is 48.5 Å². The predicted octanol–water partition coefficient (Wildman–Crippen LogP) is 5.11. The summed E-state index contributed by atoms with van der Waals surface area (Å²) in [5, 5.41) is 9.27. The molecule has 2 nitrogen and oxygen atoms in total. The van der Waals surface area contributed by atoms with E-state index in [4.69, 9.17) is 11.6 Å². The normalized spacial score (nSPS) is 13.0. The third-order valence-corrected chi connectivity index (χ3v) is 4.25. The van der Waals surface area contributed by atoms with E-state index in [1.165, 1.54) is 5.56 Å². The SMILES string of the molecule is CN(CC(Cl)c1ccc(C(C)(C)C)cc1)c1ccc(O)cc1. The number of alkyl halides is 1. The quantitative estimate of drug-likeness (QED) is 0.792. The molecule has 0 fully saturated rings. The van der Waals surface area contributed by atoms with Gasteiger partial charge >= 0.3 is 0 Å². The second-order valence-electron chi connectivity index (χ2n) is 6.74. The second-order valence-corrected chi connectivity index (χ2v) is 7.26. The smallest absolute Gasteiger partial charge is 0.115 e. The maximum Gasteiger partial charge on any atom is 0.115 e. The number of halogens is 1. The minimum Gasteiger partial charge on any atom is -0.508 e. The van der Waals surface area contributed by atoms with E-state index in [-0.39, 0.29) is 16.5 Å². The van der Waals surface area contributed by atoms with Crippen LogP contribution in [-0.2, 0) is 5.41 Å². The lowest BCUT2D eigenvalue weighted by atomic mass is 9.86. The van der Waals surface area contributed by atoms with E-state index in [0.717, 1.165) is 11.3 Å². The van der Waals surface area contributed by atoms with Crippen molar-refractivity contribution in [3.63, 3.8) is 0 Å². The van der Waals surface area contributed by atoms with Crippen LogP contribution in [-0.4, -0.2) is 18.7 Å². The first-order valence-electron chi connectivity index (χ1n) is 7.52. The number of phenolic OH excluding ortho intramolecular Hbond substituents is 1. The second kappa shape index (κ2) is 6.62. The van der Waals surface area contributed by atoms with Crippen molar-refractivity contribution >= 4 is 17.3 Å². The van der Waals surface area contributed by atoms with E-state index in [1.807, 2.05) is 19.2 Å². The van der Waals surface area contributed by atoms with Crippen LogP contribution in [0.1, 0.15) is 37.3 Å². The zero-order valence-electron chi connectivity index (χ0n) is 13.7. The molecule has 0 aliphatic carbocycles. The summed E-state index contributed by atoms with van der Waals surface area (Å²) in [6, 6.07) is 15.7. The van der Waals surface area contributed by atoms with Crippen molar-refractivity contribution in [2.24, 2.45) is 0 Å². The minimum absolute atomic E-state index is 0.0761. The molecule has 2 rings (SSSR count). The van der Waals surface area contributed by atoms with Gasteiger partial charge in [-0.3, -0.25) is 0 Å². The van der Waals surface area contributed by atoms with Crippen LogP contribution >= 0.6 is 11.6 Å². The summed E-state index contributed by atoms with van der Waals surface area (Å²) in [6.07, 6.45) is 0. The molecule has 22 heavy (non-hydrogen) atoms. The number of likely N-dealkylation sites (N-methyl/N-ethyl adjacent to an activating group) is 1. The van der Waals surface area contributed by atoms with Crippen molar-refractivity contribution in [2.45, 2.75) is 31.6 Å². The molecular weight excluding hydrogens is 294 g/mol. The zero-order chi connectivity index (χ0) is 16.3. The van der Waals surface area contributed by atoms with Crippen LogP contribution in [0.5, 0.6) is 5.75 Å². The first-order chi connectivity index (χ1) is 10.3. The summed E-state index contributed by atoms with van der Waals surface area (Å²) < 4.78 is 0. The van der Waals surface area contributed by atoms with E-state index in [2.05, 4.69) is 49.9 Å². The Bertz CT molecular complexity index is 599. The van der Waals surface area contributed by atoms with Crippen molar-refractivity contribution < 1.29 is 5.11 Å². The Morgan fingerprint density at radius 1 is 1.00 bits per heavy atom. The van der Waals surface area contributed by atoms with Gasteiger partial charge in [-0.15, -0.1) is 11.6 Å². The molecule has 0 aliphatic rings. The molecule has 0 aliphatic heterocycles. The van der Waals surface area contributed by atoms with Gasteiger partial charge in [-0.1, -0.05) is 45.0 Å². The molecule has 1 atom stereocenters. The number of phenols is 1. The molecule has 2 aromatic rings. The van der Waals surface area contributed by atoms with Gasteiger partial charge in [0.05, 0.1) is 5.38 Å². The number of aromatic hydroxyl groups is 1. The molecule has 0 saturated heterocycles. The average Bonchev–Trinajstić information content (AvgIpc) is 2.47. The van der Waals surface area contributed by atoms with E-state index in [9.17, 15) is 5.11 Å². The van der Waals surface area contributed by atoms with Gasteiger partial charge in [-0.25, -0.2) is 0 Å². The standard InChI is InChI=1S/C19H24ClNO/c1-19(2,3)15-7-5-14(6-8-15)18(20)13-21(4)16-9-11-17(22)12-10-16/h5-12,18,22H,13H2,1-4H3. The largest absolute Gasteiger partial charge is 0.508 e. The molecule has 0 heterocycles. The van der Waals surface area contributed by atoms with E-state index < -0.39 is 0 Å². The highest BCUT2D eigenvalue weighted by Crippen LogP contribution is 2.28. The number of anilines is 1. The van der Waals surface area contributed by atoms with Gasteiger partial charge in [0.1, 0.15) is 5.75 Å². The molecule has 2 aromatic carbocycles. The highest BCUT2D eigenvalue weighted by molar-refractivity contribution is 6.21. The molecule has 1 N–H and O–H groups in total. The maximum absolute atomic E-state index is 9.35. The lowest BCUT2D eigenvalue weighted by molar-refractivity contribution is 0.475. The molecule has 0 aromatic heterocycles. The van der Waals surface area contributed by atoms with Crippen LogP contribution in [0.2, 0.25) is 0 Å². The summed E-state index contributed by atoms with van der Waals surface area (Å²) in [5.41, 5.74) is 3.63. The average molecular weight is 318 g/mol. The van der Waals surface area contributed by atoms with E-state index in [1.54, 1.807) is 12.1 Å². The molecule has 0 bridgehead atoms. The molecule has 0 saturated carbocycles. The van der Waals surface area contributed by atoms with Gasteiger partial charge in [0.15, 0.2) is 0 Å². The van der Waals surface area contributed by atoms with E-state index >= 15 is 0 Å². The van der Waals surface area contributed by atoms with Crippen molar-refractivity contribution in [3.05, 3.63) is 59.7 Å². The van der Waals surface area contributed by atoms with Crippen LogP contribution < -0.4 is 4.90 Å². The first-order valence-corrected chi connectivity index (χ1v) is 7.95. The molecule has 0 radical (unpaired) electrons.